The Morgan fingerprint density at radius 2 is 1.70 bits per heavy atom. The molecule has 3 heterocycles. The van der Waals surface area contributed by atoms with Crippen LogP contribution in [0.2, 0.25) is 0 Å². The molecule has 0 bridgehead atoms. The Morgan fingerprint density at radius 1 is 0.933 bits per heavy atom. The first-order valence-corrected chi connectivity index (χ1v) is 9.63. The molecule has 1 aromatic heterocycles. The average Bonchev–Trinajstić information content (AvgIpc) is 3.09. The second-order valence-electron chi connectivity index (χ2n) is 7.22. The Hall–Kier alpha value is -4.00. The predicted molar refractivity (Wildman–Crippen MR) is 110 cm³/mol. The molecule has 7 heteroatoms. The molecule has 7 nitrogen and oxygen atoms in total. The summed E-state index contributed by atoms with van der Waals surface area (Å²) in [5.74, 6) is -0.743. The van der Waals surface area contributed by atoms with Gasteiger partial charge in [-0.25, -0.2) is 0 Å². The molecule has 1 N–H and O–H groups in total. The van der Waals surface area contributed by atoms with Gasteiger partial charge in [-0.1, -0.05) is 36.4 Å². The zero-order valence-corrected chi connectivity index (χ0v) is 16.0. The van der Waals surface area contributed by atoms with Gasteiger partial charge in [0.2, 0.25) is 5.91 Å². The average molecular weight is 398 g/mol. The smallest absolute Gasteiger partial charge is 0.260 e. The molecule has 2 aliphatic rings. The highest BCUT2D eigenvalue weighted by Crippen LogP contribution is 2.44. The minimum atomic E-state index is -0.639. The molecular formula is C23H18N4O3. The van der Waals surface area contributed by atoms with Gasteiger partial charge in [0.05, 0.1) is 11.3 Å². The van der Waals surface area contributed by atoms with Crippen molar-refractivity contribution in [2.45, 2.75) is 12.7 Å². The Kier molecular flexibility index (Phi) is 4.28. The number of carbonyl (C=O) groups excluding carboxylic acids is 3. The number of benzene rings is 2. The van der Waals surface area contributed by atoms with Gasteiger partial charge in [-0.05, 0) is 29.8 Å². The van der Waals surface area contributed by atoms with E-state index >= 15 is 0 Å². The van der Waals surface area contributed by atoms with E-state index in [0.29, 0.717) is 23.4 Å². The largest absolute Gasteiger partial charge is 0.350 e. The van der Waals surface area contributed by atoms with Crippen molar-refractivity contribution < 1.29 is 14.4 Å². The zero-order valence-electron chi connectivity index (χ0n) is 16.0. The minimum absolute atomic E-state index is 0.157. The van der Waals surface area contributed by atoms with E-state index in [4.69, 9.17) is 0 Å². The Labute approximate surface area is 172 Å². The van der Waals surface area contributed by atoms with E-state index in [9.17, 15) is 14.4 Å². The van der Waals surface area contributed by atoms with Crippen LogP contribution in [0.5, 0.6) is 0 Å². The van der Waals surface area contributed by atoms with Gasteiger partial charge in [0.15, 0.2) is 0 Å². The summed E-state index contributed by atoms with van der Waals surface area (Å²) in [7, 11) is 0. The Bertz CT molecular complexity index is 1160. The standard InChI is InChI=1S/C23H18N4O3/c28-20(25-13-15-6-5-11-24-12-15)14-26-21-16-7-1-2-8-17(16)23(30)27(21)19-10-4-3-9-18(19)22(26)29/h1-12,21H,13-14H2,(H,25,28)/t21-/m1/s1. The number of aromatic nitrogens is 1. The molecule has 0 aliphatic carbocycles. The lowest BCUT2D eigenvalue weighted by Gasteiger charge is -2.40. The van der Waals surface area contributed by atoms with E-state index in [1.54, 1.807) is 59.8 Å². The Balaban J connectivity index is 1.47. The lowest BCUT2D eigenvalue weighted by atomic mass is 10.0. The summed E-state index contributed by atoms with van der Waals surface area (Å²) < 4.78 is 0. The molecule has 2 aliphatic heterocycles. The molecular weight excluding hydrogens is 380 g/mol. The fourth-order valence-electron chi connectivity index (χ4n) is 4.05. The highest BCUT2D eigenvalue weighted by molar-refractivity contribution is 6.17. The monoisotopic (exact) mass is 398 g/mol. The summed E-state index contributed by atoms with van der Waals surface area (Å²) in [5, 5.41) is 2.83. The molecule has 0 radical (unpaired) electrons. The van der Waals surface area contributed by atoms with Crippen molar-refractivity contribution in [2.24, 2.45) is 0 Å². The molecule has 0 spiro atoms. The van der Waals surface area contributed by atoms with Crippen molar-refractivity contribution >= 4 is 23.4 Å². The van der Waals surface area contributed by atoms with Crippen LogP contribution < -0.4 is 10.2 Å². The van der Waals surface area contributed by atoms with Gasteiger partial charge >= 0.3 is 0 Å². The van der Waals surface area contributed by atoms with Crippen molar-refractivity contribution in [1.82, 2.24) is 15.2 Å². The van der Waals surface area contributed by atoms with Crippen LogP contribution in [0.4, 0.5) is 5.69 Å². The molecule has 0 saturated heterocycles. The summed E-state index contributed by atoms with van der Waals surface area (Å²) in [5.41, 5.74) is 3.12. The maximum Gasteiger partial charge on any atom is 0.260 e. The second-order valence-corrected chi connectivity index (χ2v) is 7.22. The van der Waals surface area contributed by atoms with E-state index in [0.717, 1.165) is 11.1 Å². The quantitative estimate of drug-likeness (QED) is 0.732. The van der Waals surface area contributed by atoms with Crippen molar-refractivity contribution in [3.05, 3.63) is 95.3 Å². The third-order valence-electron chi connectivity index (χ3n) is 5.41. The van der Waals surface area contributed by atoms with Crippen LogP contribution in [0, 0.1) is 0 Å². The highest BCUT2D eigenvalue weighted by atomic mass is 16.2. The third kappa shape index (κ3) is 2.83. The number of hydrogen-bond donors (Lipinski definition) is 1. The Morgan fingerprint density at radius 3 is 2.50 bits per heavy atom. The number of nitrogens with zero attached hydrogens (tertiary/aromatic N) is 3. The van der Waals surface area contributed by atoms with E-state index < -0.39 is 6.17 Å². The molecule has 3 amide bonds. The van der Waals surface area contributed by atoms with Gasteiger partial charge in [0, 0.05) is 30.1 Å². The van der Waals surface area contributed by atoms with Crippen molar-refractivity contribution in [3.63, 3.8) is 0 Å². The number of rotatable bonds is 4. The molecule has 5 rings (SSSR count). The van der Waals surface area contributed by atoms with E-state index in [1.807, 2.05) is 18.2 Å². The maximum absolute atomic E-state index is 13.3. The maximum atomic E-state index is 13.3. The first kappa shape index (κ1) is 18.1. The predicted octanol–water partition coefficient (Wildman–Crippen LogP) is 2.51. The summed E-state index contributed by atoms with van der Waals surface area (Å²) in [6.45, 7) is 0.158. The van der Waals surface area contributed by atoms with Gasteiger partial charge in [-0.15, -0.1) is 0 Å². The van der Waals surface area contributed by atoms with Crippen LogP contribution in [-0.4, -0.2) is 34.2 Å². The van der Waals surface area contributed by atoms with E-state index in [-0.39, 0.29) is 24.3 Å². The molecule has 3 aromatic rings. The fraction of sp³-hybridized carbons (Fsp3) is 0.130. The summed E-state index contributed by atoms with van der Waals surface area (Å²) in [6, 6.07) is 17.9. The first-order valence-electron chi connectivity index (χ1n) is 9.63. The highest BCUT2D eigenvalue weighted by Gasteiger charge is 2.47. The summed E-state index contributed by atoms with van der Waals surface area (Å²) in [4.78, 5) is 46.2. The van der Waals surface area contributed by atoms with Crippen LogP contribution in [0.15, 0.2) is 73.1 Å². The molecule has 148 valence electrons. The van der Waals surface area contributed by atoms with Crippen LogP contribution in [0.1, 0.15) is 38.0 Å². The van der Waals surface area contributed by atoms with Gasteiger partial charge in [0.25, 0.3) is 11.8 Å². The molecule has 2 aromatic carbocycles. The molecule has 1 atom stereocenters. The summed E-state index contributed by atoms with van der Waals surface area (Å²) in [6.07, 6.45) is 2.70. The van der Waals surface area contributed by atoms with Gasteiger partial charge in [-0.3, -0.25) is 24.3 Å². The van der Waals surface area contributed by atoms with Crippen LogP contribution >= 0.6 is 0 Å². The summed E-state index contributed by atoms with van der Waals surface area (Å²) >= 11 is 0. The number of pyridine rings is 1. The normalized spacial score (nSPS) is 16.7. The minimum Gasteiger partial charge on any atom is -0.350 e. The number of nitrogens with one attached hydrogen (secondary N) is 1. The van der Waals surface area contributed by atoms with Crippen LogP contribution in [0.25, 0.3) is 0 Å². The number of anilines is 1. The lowest BCUT2D eigenvalue weighted by molar-refractivity contribution is -0.122. The van der Waals surface area contributed by atoms with Crippen molar-refractivity contribution in [2.75, 3.05) is 11.4 Å². The number of para-hydroxylation sites is 1. The van der Waals surface area contributed by atoms with E-state index in [2.05, 4.69) is 10.3 Å². The SMILES string of the molecule is O=C(CN1C(=O)c2ccccc2N2C(=O)c3ccccc3[C@H]12)NCc1cccnc1. The lowest BCUT2D eigenvalue weighted by Crippen LogP contribution is -2.51. The first-order chi connectivity index (χ1) is 14.6. The zero-order chi connectivity index (χ0) is 20.7. The van der Waals surface area contributed by atoms with Gasteiger partial charge in [-0.2, -0.15) is 0 Å². The third-order valence-corrected chi connectivity index (χ3v) is 5.41. The van der Waals surface area contributed by atoms with Gasteiger partial charge < -0.3 is 10.2 Å². The number of carbonyl (C=O) groups is 3. The van der Waals surface area contributed by atoms with E-state index in [1.165, 1.54) is 4.90 Å². The topological polar surface area (TPSA) is 82.6 Å². The molecule has 0 fully saturated rings. The van der Waals surface area contributed by atoms with Crippen LogP contribution in [-0.2, 0) is 11.3 Å². The molecule has 0 unspecified atom stereocenters. The number of amides is 3. The van der Waals surface area contributed by atoms with Crippen LogP contribution in [0.3, 0.4) is 0 Å². The van der Waals surface area contributed by atoms with Crippen molar-refractivity contribution in [3.8, 4) is 0 Å². The number of fused-ring (bicyclic) bond motifs is 5. The second kappa shape index (κ2) is 7.11. The fourth-order valence-corrected chi connectivity index (χ4v) is 4.05. The molecule has 30 heavy (non-hydrogen) atoms. The van der Waals surface area contributed by atoms with Gasteiger partial charge in [0.1, 0.15) is 12.7 Å². The molecule has 0 saturated carbocycles. The van der Waals surface area contributed by atoms with Crippen molar-refractivity contribution in [1.29, 1.82) is 0 Å². The number of hydrogen-bond acceptors (Lipinski definition) is 4.